The third kappa shape index (κ3) is 6.05. The molecule has 0 aromatic heterocycles. The first-order valence-corrected chi connectivity index (χ1v) is 6.68. The Morgan fingerprint density at radius 1 is 1.40 bits per heavy atom. The number of rotatable bonds is 7. The van der Waals surface area contributed by atoms with Crippen molar-refractivity contribution >= 4 is 5.97 Å². The smallest absolute Gasteiger partial charge is 0.350 e. The molecule has 0 aliphatic rings. The molecule has 0 heterocycles. The zero-order valence-corrected chi connectivity index (χ0v) is 11.9. The van der Waals surface area contributed by atoms with Crippen LogP contribution >= 0.6 is 0 Å². The average Bonchev–Trinajstić information content (AvgIpc) is 2.46. The van der Waals surface area contributed by atoms with Gasteiger partial charge in [0.15, 0.2) is 5.57 Å². The zero-order chi connectivity index (χ0) is 14.8. The first kappa shape index (κ1) is 15.8. The highest BCUT2D eigenvalue weighted by Crippen LogP contribution is 2.00. The van der Waals surface area contributed by atoms with E-state index in [4.69, 9.17) is 10.00 Å². The van der Waals surface area contributed by atoms with Gasteiger partial charge in [-0.15, -0.1) is 0 Å². The van der Waals surface area contributed by atoms with Crippen molar-refractivity contribution in [1.82, 2.24) is 5.32 Å². The fraction of sp³-hybridized carbons (Fsp3) is 0.375. The Bertz CT molecular complexity index is 487. The Hall–Kier alpha value is -2.28. The number of hydrogen-bond donors (Lipinski definition) is 1. The number of hydrogen-bond acceptors (Lipinski definition) is 4. The molecule has 0 spiro atoms. The van der Waals surface area contributed by atoms with Gasteiger partial charge in [0.05, 0.1) is 6.61 Å². The molecule has 0 atom stereocenters. The summed E-state index contributed by atoms with van der Waals surface area (Å²) in [6.45, 7) is 4.87. The molecule has 0 bridgehead atoms. The molecular formula is C16H20N2O2. The molecule has 4 heteroatoms. The minimum atomic E-state index is -0.576. The monoisotopic (exact) mass is 272 g/mol. The number of esters is 1. The van der Waals surface area contributed by atoms with E-state index < -0.39 is 5.97 Å². The molecule has 20 heavy (non-hydrogen) atoms. The van der Waals surface area contributed by atoms with E-state index in [1.165, 1.54) is 11.8 Å². The molecule has 0 radical (unpaired) electrons. The number of nitrogens with one attached hydrogen (secondary N) is 1. The SMILES string of the molecule is CC(C)COC(=O)C(C#N)=CNCCc1ccccc1. The van der Waals surface area contributed by atoms with Crippen LogP contribution in [0, 0.1) is 17.2 Å². The predicted octanol–water partition coefficient (Wildman–Crippen LogP) is 2.43. The standard InChI is InChI=1S/C16H20N2O2/c1-13(2)12-20-16(19)15(10-17)11-18-9-8-14-6-4-3-5-7-14/h3-7,11,13,18H,8-9,12H2,1-2H3. The van der Waals surface area contributed by atoms with Gasteiger partial charge in [0, 0.05) is 12.7 Å². The van der Waals surface area contributed by atoms with Gasteiger partial charge in [-0.25, -0.2) is 4.79 Å². The lowest BCUT2D eigenvalue weighted by atomic mass is 10.1. The second kappa shape index (κ2) is 8.76. The topological polar surface area (TPSA) is 62.1 Å². The van der Waals surface area contributed by atoms with Crippen LogP contribution in [0.25, 0.3) is 0 Å². The summed E-state index contributed by atoms with van der Waals surface area (Å²) < 4.78 is 5.00. The van der Waals surface area contributed by atoms with Gasteiger partial charge >= 0.3 is 5.97 Å². The number of ether oxygens (including phenoxy) is 1. The molecule has 0 aliphatic carbocycles. The van der Waals surface area contributed by atoms with Gasteiger partial charge < -0.3 is 10.1 Å². The molecule has 1 rings (SSSR count). The Kier molecular flexibility index (Phi) is 6.91. The van der Waals surface area contributed by atoms with Crippen molar-refractivity contribution in [3.8, 4) is 6.07 Å². The number of carbonyl (C=O) groups excluding carboxylic acids is 1. The highest BCUT2D eigenvalue weighted by Gasteiger charge is 2.10. The molecule has 106 valence electrons. The molecule has 1 N–H and O–H groups in total. The van der Waals surface area contributed by atoms with Crippen molar-refractivity contribution in [2.45, 2.75) is 20.3 Å². The van der Waals surface area contributed by atoms with Crippen LogP contribution in [0.1, 0.15) is 19.4 Å². The van der Waals surface area contributed by atoms with Crippen LogP contribution in [-0.2, 0) is 16.0 Å². The van der Waals surface area contributed by atoms with Crippen molar-refractivity contribution in [1.29, 1.82) is 5.26 Å². The van der Waals surface area contributed by atoms with Gasteiger partial charge in [0.25, 0.3) is 0 Å². The molecule has 1 aromatic carbocycles. The predicted molar refractivity (Wildman–Crippen MR) is 77.6 cm³/mol. The summed E-state index contributed by atoms with van der Waals surface area (Å²) in [6, 6.07) is 11.8. The minimum absolute atomic E-state index is 0.00119. The first-order valence-electron chi connectivity index (χ1n) is 6.68. The number of carbonyl (C=O) groups is 1. The molecular weight excluding hydrogens is 252 g/mol. The maximum absolute atomic E-state index is 11.6. The summed E-state index contributed by atoms with van der Waals surface area (Å²) >= 11 is 0. The van der Waals surface area contributed by atoms with E-state index in [0.29, 0.717) is 13.2 Å². The lowest BCUT2D eigenvalue weighted by Gasteiger charge is -2.06. The molecule has 0 fully saturated rings. The second-order valence-electron chi connectivity index (χ2n) is 4.85. The first-order chi connectivity index (χ1) is 9.63. The normalized spacial score (nSPS) is 11.0. The second-order valence-corrected chi connectivity index (χ2v) is 4.85. The summed E-state index contributed by atoms with van der Waals surface area (Å²) in [6.07, 6.45) is 2.25. The van der Waals surface area contributed by atoms with Crippen molar-refractivity contribution in [3.63, 3.8) is 0 Å². The van der Waals surface area contributed by atoms with Gasteiger partial charge in [-0.1, -0.05) is 44.2 Å². The van der Waals surface area contributed by atoms with Gasteiger partial charge in [-0.3, -0.25) is 0 Å². The van der Waals surface area contributed by atoms with Crippen LogP contribution in [0.15, 0.2) is 42.1 Å². The fourth-order valence-electron chi connectivity index (χ4n) is 1.49. The number of nitriles is 1. The van der Waals surface area contributed by atoms with Crippen LogP contribution < -0.4 is 5.32 Å². The fourth-order valence-corrected chi connectivity index (χ4v) is 1.49. The van der Waals surface area contributed by atoms with Crippen LogP contribution in [0.5, 0.6) is 0 Å². The average molecular weight is 272 g/mol. The van der Waals surface area contributed by atoms with Crippen molar-refractivity contribution < 1.29 is 9.53 Å². The van der Waals surface area contributed by atoms with Crippen LogP contribution in [0.3, 0.4) is 0 Å². The van der Waals surface area contributed by atoms with E-state index in [1.807, 2.05) is 50.2 Å². The highest BCUT2D eigenvalue weighted by molar-refractivity contribution is 5.92. The van der Waals surface area contributed by atoms with E-state index in [1.54, 1.807) is 0 Å². The maximum Gasteiger partial charge on any atom is 0.350 e. The lowest BCUT2D eigenvalue weighted by Crippen LogP contribution is -2.16. The highest BCUT2D eigenvalue weighted by atomic mass is 16.5. The Morgan fingerprint density at radius 2 is 2.10 bits per heavy atom. The third-order valence-corrected chi connectivity index (χ3v) is 2.54. The van der Waals surface area contributed by atoms with Crippen molar-refractivity contribution in [2.24, 2.45) is 5.92 Å². The van der Waals surface area contributed by atoms with Gasteiger partial charge in [-0.2, -0.15) is 5.26 Å². The van der Waals surface area contributed by atoms with E-state index in [0.717, 1.165) is 6.42 Å². The number of benzene rings is 1. The van der Waals surface area contributed by atoms with Crippen LogP contribution in [-0.4, -0.2) is 19.1 Å². The summed E-state index contributed by atoms with van der Waals surface area (Å²) in [5.41, 5.74) is 1.20. The Morgan fingerprint density at radius 3 is 2.70 bits per heavy atom. The Balaban J connectivity index is 2.38. The van der Waals surface area contributed by atoms with E-state index >= 15 is 0 Å². The molecule has 0 saturated carbocycles. The summed E-state index contributed by atoms with van der Waals surface area (Å²) in [5, 5.41) is 11.9. The molecule has 0 aliphatic heterocycles. The quantitative estimate of drug-likeness (QED) is 0.358. The van der Waals surface area contributed by atoms with Gasteiger partial charge in [0.2, 0.25) is 0 Å². The molecule has 1 aromatic rings. The largest absolute Gasteiger partial charge is 0.461 e. The minimum Gasteiger partial charge on any atom is -0.461 e. The summed E-state index contributed by atoms with van der Waals surface area (Å²) in [5.74, 6) is -0.321. The van der Waals surface area contributed by atoms with E-state index in [9.17, 15) is 4.79 Å². The lowest BCUT2D eigenvalue weighted by molar-refractivity contribution is -0.139. The zero-order valence-electron chi connectivity index (χ0n) is 11.9. The van der Waals surface area contributed by atoms with Crippen molar-refractivity contribution in [2.75, 3.05) is 13.2 Å². The van der Waals surface area contributed by atoms with Gasteiger partial charge in [0.1, 0.15) is 6.07 Å². The van der Waals surface area contributed by atoms with Gasteiger partial charge in [-0.05, 0) is 17.9 Å². The Labute approximate surface area is 120 Å². The number of nitrogens with zero attached hydrogens (tertiary/aromatic N) is 1. The van der Waals surface area contributed by atoms with Crippen molar-refractivity contribution in [3.05, 3.63) is 47.7 Å². The summed E-state index contributed by atoms with van der Waals surface area (Å²) in [7, 11) is 0. The van der Waals surface area contributed by atoms with E-state index in [2.05, 4.69) is 5.32 Å². The molecule has 0 unspecified atom stereocenters. The van der Waals surface area contributed by atoms with Crippen LogP contribution in [0.4, 0.5) is 0 Å². The molecule has 0 saturated heterocycles. The van der Waals surface area contributed by atoms with Crippen LogP contribution in [0.2, 0.25) is 0 Å². The molecule has 0 amide bonds. The molecule has 4 nitrogen and oxygen atoms in total. The maximum atomic E-state index is 11.6. The summed E-state index contributed by atoms with van der Waals surface area (Å²) in [4.78, 5) is 11.6. The third-order valence-electron chi connectivity index (χ3n) is 2.54. The van der Waals surface area contributed by atoms with E-state index in [-0.39, 0.29) is 11.5 Å².